The summed E-state index contributed by atoms with van der Waals surface area (Å²) in [4.78, 5) is 0. The van der Waals surface area contributed by atoms with Gasteiger partial charge in [0.05, 0.1) is 31.4 Å². The van der Waals surface area contributed by atoms with Crippen LogP contribution < -0.4 is 4.74 Å². The lowest BCUT2D eigenvalue weighted by Gasteiger charge is -2.44. The van der Waals surface area contributed by atoms with E-state index in [0.29, 0.717) is 0 Å². The van der Waals surface area contributed by atoms with Crippen LogP contribution in [0.5, 0.6) is 5.88 Å². The van der Waals surface area contributed by atoms with Crippen molar-refractivity contribution in [3.05, 3.63) is 30.0 Å². The van der Waals surface area contributed by atoms with Crippen LogP contribution in [0.15, 0.2) is 18.6 Å². The Morgan fingerprint density at radius 2 is 1.29 bits per heavy atom. The fourth-order valence-electron chi connectivity index (χ4n) is 2.52. The summed E-state index contributed by atoms with van der Waals surface area (Å²) in [5.74, 6) is 0.0284. The van der Waals surface area contributed by atoms with Crippen LogP contribution in [0.4, 0.5) is 0 Å². The number of aliphatic hydroxyl groups excluding tert-OH is 3. The molecule has 0 aliphatic rings. The van der Waals surface area contributed by atoms with Crippen molar-refractivity contribution in [1.82, 2.24) is 46.2 Å². The fourth-order valence-corrected chi connectivity index (χ4v) is 2.52. The lowest BCUT2D eigenvalue weighted by molar-refractivity contribution is -0.127. The Morgan fingerprint density at radius 3 is 1.67 bits per heavy atom. The summed E-state index contributed by atoms with van der Waals surface area (Å²) in [5.41, 5.74) is -3.07. The molecule has 0 unspecified atom stereocenters. The van der Waals surface area contributed by atoms with E-state index in [1.54, 1.807) is 0 Å². The third kappa shape index (κ3) is 2.22. The van der Waals surface area contributed by atoms with Crippen molar-refractivity contribution < 1.29 is 20.1 Å². The average molecular weight is 337 g/mol. The molecule has 24 heavy (non-hydrogen) atoms. The van der Waals surface area contributed by atoms with Gasteiger partial charge in [-0.1, -0.05) is 20.7 Å². The first kappa shape index (κ1) is 16.0. The molecule has 0 aromatic carbocycles. The molecule has 3 aromatic heterocycles. The highest BCUT2D eigenvalue weighted by molar-refractivity contribution is 5.31. The molecule has 0 saturated heterocycles. The Morgan fingerprint density at radius 1 is 0.792 bits per heavy atom. The molecule has 3 aromatic rings. The Bertz CT molecular complexity index is 681. The second-order valence-electron chi connectivity index (χ2n) is 5.07. The number of nitrogens with one attached hydrogen (secondary N) is 3. The molecule has 0 bridgehead atoms. The Labute approximate surface area is 134 Å². The summed E-state index contributed by atoms with van der Waals surface area (Å²) in [7, 11) is 0. The molecule has 6 N–H and O–H groups in total. The molecule has 0 fully saturated rings. The molecule has 128 valence electrons. The summed E-state index contributed by atoms with van der Waals surface area (Å²) in [6, 6.07) is 0. The lowest BCUT2D eigenvalue weighted by Crippen LogP contribution is -2.58. The molecule has 0 aliphatic heterocycles. The topological polar surface area (TPSA) is 195 Å². The largest absolute Gasteiger partial charge is 0.455 e. The molecule has 0 aliphatic carbocycles. The number of ether oxygens (including phenoxy) is 1. The van der Waals surface area contributed by atoms with Gasteiger partial charge in [-0.25, -0.2) is 0 Å². The Kier molecular flexibility index (Phi) is 4.20. The van der Waals surface area contributed by atoms with Crippen LogP contribution in [-0.4, -0.2) is 81.4 Å². The van der Waals surface area contributed by atoms with Crippen molar-refractivity contribution in [2.24, 2.45) is 5.41 Å². The molecule has 3 rings (SSSR count). The minimum atomic E-state index is -1.75. The highest BCUT2D eigenvalue weighted by Gasteiger charge is 2.59. The van der Waals surface area contributed by atoms with E-state index in [-0.39, 0.29) is 17.3 Å². The van der Waals surface area contributed by atoms with Crippen LogP contribution in [0.1, 0.15) is 11.4 Å². The van der Waals surface area contributed by atoms with E-state index in [2.05, 4.69) is 46.2 Å². The predicted molar refractivity (Wildman–Crippen MR) is 74.2 cm³/mol. The van der Waals surface area contributed by atoms with Gasteiger partial charge < -0.3 is 20.1 Å². The van der Waals surface area contributed by atoms with Gasteiger partial charge in [0.25, 0.3) is 5.88 Å². The smallest absolute Gasteiger partial charge is 0.254 e. The molecular weight excluding hydrogens is 322 g/mol. The summed E-state index contributed by atoms with van der Waals surface area (Å²) in [5, 5.41) is 59.9. The van der Waals surface area contributed by atoms with Crippen LogP contribution >= 0.6 is 0 Å². The number of nitrogens with zero attached hydrogens (tertiary/aromatic N) is 6. The first-order valence-corrected chi connectivity index (χ1v) is 6.84. The number of aromatic amines is 3. The van der Waals surface area contributed by atoms with Gasteiger partial charge in [-0.3, -0.25) is 15.3 Å². The van der Waals surface area contributed by atoms with Crippen molar-refractivity contribution in [3.63, 3.8) is 0 Å². The zero-order chi connectivity index (χ0) is 17.0. The molecule has 0 atom stereocenters. The van der Waals surface area contributed by atoms with Gasteiger partial charge in [0.1, 0.15) is 11.4 Å². The summed E-state index contributed by atoms with van der Waals surface area (Å²) in [6.45, 7) is -1.97. The van der Waals surface area contributed by atoms with Gasteiger partial charge in [-0.05, 0) is 0 Å². The molecule has 13 nitrogen and oxygen atoms in total. The number of hydrogen-bond donors (Lipinski definition) is 6. The van der Waals surface area contributed by atoms with E-state index >= 15 is 0 Å². The third-order valence-electron chi connectivity index (χ3n) is 3.86. The molecular formula is C11H15N9O4. The highest BCUT2D eigenvalue weighted by atomic mass is 16.5. The van der Waals surface area contributed by atoms with E-state index < -0.39 is 30.8 Å². The minimum Gasteiger partial charge on any atom is -0.455 e. The van der Waals surface area contributed by atoms with E-state index in [1.165, 1.54) is 18.6 Å². The van der Waals surface area contributed by atoms with Crippen molar-refractivity contribution >= 4 is 0 Å². The minimum absolute atomic E-state index is 0.0284. The van der Waals surface area contributed by atoms with Gasteiger partial charge in [-0.2, -0.15) is 0 Å². The molecule has 3 heterocycles. The second kappa shape index (κ2) is 6.31. The van der Waals surface area contributed by atoms with Gasteiger partial charge in [0, 0.05) is 12.4 Å². The highest BCUT2D eigenvalue weighted by Crippen LogP contribution is 2.46. The zero-order valence-corrected chi connectivity index (χ0v) is 12.3. The first-order chi connectivity index (χ1) is 11.7. The van der Waals surface area contributed by atoms with Crippen molar-refractivity contribution in [3.8, 4) is 5.88 Å². The standard InChI is InChI=1S/C11H15N9O4/c21-4-10(5-22,6-23)11(7-1-12-18-15-7,8-2-13-19-16-8)24-9-3-14-20-17-9/h1-3,21-23H,4-6H2,(H,12,15,18)(H,13,16,19)(H,14,17,20). The maximum absolute atomic E-state index is 9.98. The molecule has 0 radical (unpaired) electrons. The molecule has 0 saturated carbocycles. The Hall–Kier alpha value is -2.90. The quantitative estimate of drug-likeness (QED) is 0.252. The van der Waals surface area contributed by atoms with Crippen LogP contribution in [0.3, 0.4) is 0 Å². The summed E-state index contributed by atoms with van der Waals surface area (Å²) in [6.07, 6.45) is 4.14. The maximum atomic E-state index is 9.98. The third-order valence-corrected chi connectivity index (χ3v) is 3.86. The second-order valence-corrected chi connectivity index (χ2v) is 5.07. The molecule has 0 amide bonds. The lowest BCUT2D eigenvalue weighted by atomic mass is 9.69. The monoisotopic (exact) mass is 337 g/mol. The van der Waals surface area contributed by atoms with Crippen molar-refractivity contribution in [2.45, 2.75) is 5.60 Å². The number of aliphatic hydroxyl groups is 3. The van der Waals surface area contributed by atoms with Crippen LogP contribution in [0, 0.1) is 5.41 Å². The number of H-pyrrole nitrogens is 3. The van der Waals surface area contributed by atoms with Crippen LogP contribution in [0.25, 0.3) is 0 Å². The number of rotatable bonds is 8. The van der Waals surface area contributed by atoms with E-state index in [9.17, 15) is 15.3 Å². The number of hydrogen-bond acceptors (Lipinski definition) is 10. The van der Waals surface area contributed by atoms with Gasteiger partial charge in [0.2, 0.25) is 5.60 Å². The van der Waals surface area contributed by atoms with Gasteiger partial charge in [-0.15, -0.1) is 10.2 Å². The van der Waals surface area contributed by atoms with E-state index in [4.69, 9.17) is 4.74 Å². The average Bonchev–Trinajstić information content (AvgIpc) is 3.37. The summed E-state index contributed by atoms with van der Waals surface area (Å²) >= 11 is 0. The SMILES string of the molecule is OCC(CO)(CO)C(Oc1c[nH]nn1)(c1c[nH]nn1)c1c[nH]nn1. The molecule has 13 heteroatoms. The summed E-state index contributed by atoms with van der Waals surface area (Å²) < 4.78 is 5.94. The van der Waals surface area contributed by atoms with Gasteiger partial charge >= 0.3 is 0 Å². The fraction of sp³-hybridized carbons (Fsp3) is 0.455. The van der Waals surface area contributed by atoms with Crippen LogP contribution in [0.2, 0.25) is 0 Å². The Balaban J connectivity index is 2.28. The van der Waals surface area contributed by atoms with E-state index in [0.717, 1.165) is 0 Å². The predicted octanol–water partition coefficient (Wildman–Crippen LogP) is -2.67. The van der Waals surface area contributed by atoms with Gasteiger partial charge in [0.15, 0.2) is 0 Å². The normalized spacial score (nSPS) is 12.5. The maximum Gasteiger partial charge on any atom is 0.254 e. The van der Waals surface area contributed by atoms with E-state index in [1.807, 2.05) is 0 Å². The first-order valence-electron chi connectivity index (χ1n) is 6.84. The van der Waals surface area contributed by atoms with Crippen LogP contribution in [-0.2, 0) is 5.60 Å². The molecule has 0 spiro atoms. The zero-order valence-electron chi connectivity index (χ0n) is 12.3. The van der Waals surface area contributed by atoms with Crippen molar-refractivity contribution in [2.75, 3.05) is 19.8 Å². The number of aromatic nitrogens is 9. The van der Waals surface area contributed by atoms with Crippen molar-refractivity contribution in [1.29, 1.82) is 0 Å².